The molecule has 1 aliphatic rings. The number of benzene rings is 1. The summed E-state index contributed by atoms with van der Waals surface area (Å²) in [5.41, 5.74) is 1.88. The summed E-state index contributed by atoms with van der Waals surface area (Å²) < 4.78 is 0. The van der Waals surface area contributed by atoms with Crippen molar-refractivity contribution < 1.29 is 0 Å². The Labute approximate surface area is 129 Å². The van der Waals surface area contributed by atoms with Crippen LogP contribution in [0.4, 0.5) is 0 Å². The predicted molar refractivity (Wildman–Crippen MR) is 88.5 cm³/mol. The molecule has 2 rings (SSSR count). The Bertz CT molecular complexity index is 400. The van der Waals surface area contributed by atoms with Crippen molar-refractivity contribution in [3.8, 4) is 0 Å². The van der Waals surface area contributed by atoms with Crippen LogP contribution in [0.15, 0.2) is 24.3 Å². The molecular formula is C18H28ClN. The van der Waals surface area contributed by atoms with Gasteiger partial charge in [-0.3, -0.25) is 0 Å². The van der Waals surface area contributed by atoms with Gasteiger partial charge in [-0.1, -0.05) is 63.3 Å². The van der Waals surface area contributed by atoms with Crippen molar-refractivity contribution >= 4 is 11.6 Å². The Morgan fingerprint density at radius 2 is 1.95 bits per heavy atom. The highest BCUT2D eigenvalue weighted by Crippen LogP contribution is 2.44. The van der Waals surface area contributed by atoms with E-state index in [1.165, 1.54) is 44.1 Å². The minimum atomic E-state index is 0.437. The van der Waals surface area contributed by atoms with Gasteiger partial charge in [0.2, 0.25) is 0 Å². The zero-order chi connectivity index (χ0) is 14.4. The van der Waals surface area contributed by atoms with Crippen LogP contribution in [-0.2, 0) is 0 Å². The van der Waals surface area contributed by atoms with Crippen molar-refractivity contribution in [1.82, 2.24) is 5.32 Å². The topological polar surface area (TPSA) is 12.0 Å². The van der Waals surface area contributed by atoms with Crippen molar-refractivity contribution in [1.29, 1.82) is 0 Å². The molecule has 2 heteroatoms. The molecule has 0 bridgehead atoms. The zero-order valence-electron chi connectivity index (χ0n) is 12.9. The van der Waals surface area contributed by atoms with E-state index in [2.05, 4.69) is 31.3 Å². The highest BCUT2D eigenvalue weighted by molar-refractivity contribution is 6.30. The van der Waals surface area contributed by atoms with Crippen LogP contribution in [0.5, 0.6) is 0 Å². The third-order valence-electron chi connectivity index (χ3n) is 4.94. The number of unbranched alkanes of at least 4 members (excludes halogenated alkanes) is 3. The van der Waals surface area contributed by atoms with Gasteiger partial charge < -0.3 is 5.32 Å². The molecule has 0 spiro atoms. The van der Waals surface area contributed by atoms with Gasteiger partial charge in [0.1, 0.15) is 0 Å². The molecule has 1 N–H and O–H groups in total. The van der Waals surface area contributed by atoms with E-state index in [9.17, 15) is 0 Å². The van der Waals surface area contributed by atoms with E-state index in [1.807, 2.05) is 12.1 Å². The number of rotatable bonds is 6. The zero-order valence-corrected chi connectivity index (χ0v) is 13.7. The summed E-state index contributed by atoms with van der Waals surface area (Å²) in [5.74, 6) is 0.621. The number of hydrogen-bond acceptors (Lipinski definition) is 1. The molecule has 112 valence electrons. The molecule has 0 radical (unpaired) electrons. The minimum Gasteiger partial charge on any atom is -0.316 e. The van der Waals surface area contributed by atoms with Crippen LogP contribution in [0, 0.1) is 5.41 Å². The first kappa shape index (κ1) is 15.9. The summed E-state index contributed by atoms with van der Waals surface area (Å²) in [4.78, 5) is 0. The first-order chi connectivity index (χ1) is 9.65. The lowest BCUT2D eigenvalue weighted by Crippen LogP contribution is -2.42. The molecule has 1 nitrogen and oxygen atoms in total. The third kappa shape index (κ3) is 3.99. The SMILES string of the molecule is CCCCCCC1(C)CCNCC1c1ccc(Cl)cc1. The van der Waals surface area contributed by atoms with E-state index in [-0.39, 0.29) is 0 Å². The number of nitrogens with one attached hydrogen (secondary N) is 1. The maximum Gasteiger partial charge on any atom is 0.0406 e. The fraction of sp³-hybridized carbons (Fsp3) is 0.667. The Kier molecular flexibility index (Phi) is 5.92. The second kappa shape index (κ2) is 7.47. The highest BCUT2D eigenvalue weighted by atomic mass is 35.5. The van der Waals surface area contributed by atoms with E-state index in [0.717, 1.165) is 18.1 Å². The van der Waals surface area contributed by atoms with E-state index in [0.29, 0.717) is 11.3 Å². The molecule has 2 atom stereocenters. The van der Waals surface area contributed by atoms with Crippen molar-refractivity contribution in [2.75, 3.05) is 13.1 Å². The van der Waals surface area contributed by atoms with E-state index in [4.69, 9.17) is 11.6 Å². The van der Waals surface area contributed by atoms with Crippen LogP contribution in [0.1, 0.15) is 63.9 Å². The molecule has 1 aromatic rings. The Morgan fingerprint density at radius 3 is 2.65 bits per heavy atom. The molecule has 2 unspecified atom stereocenters. The molecule has 1 fully saturated rings. The third-order valence-corrected chi connectivity index (χ3v) is 5.19. The smallest absolute Gasteiger partial charge is 0.0406 e. The molecule has 1 aromatic carbocycles. The van der Waals surface area contributed by atoms with Gasteiger partial charge in [0.25, 0.3) is 0 Å². The molecule has 0 saturated carbocycles. The predicted octanol–water partition coefficient (Wildman–Crippen LogP) is 5.39. The van der Waals surface area contributed by atoms with Gasteiger partial charge >= 0.3 is 0 Å². The molecule has 0 aromatic heterocycles. The summed E-state index contributed by atoms with van der Waals surface area (Å²) in [6.07, 6.45) is 8.08. The van der Waals surface area contributed by atoms with Gasteiger partial charge in [-0.2, -0.15) is 0 Å². The average Bonchev–Trinajstić information content (AvgIpc) is 2.45. The van der Waals surface area contributed by atoms with Crippen LogP contribution in [0.2, 0.25) is 5.02 Å². The first-order valence-corrected chi connectivity index (χ1v) is 8.50. The van der Waals surface area contributed by atoms with Gasteiger partial charge in [0.15, 0.2) is 0 Å². The molecule has 1 aliphatic heterocycles. The Morgan fingerprint density at radius 1 is 1.20 bits per heavy atom. The lowest BCUT2D eigenvalue weighted by molar-refractivity contribution is 0.167. The maximum atomic E-state index is 6.02. The second-order valence-corrected chi connectivity index (χ2v) is 6.96. The van der Waals surface area contributed by atoms with Crippen LogP contribution >= 0.6 is 11.6 Å². The van der Waals surface area contributed by atoms with Crippen molar-refractivity contribution in [2.45, 2.75) is 58.3 Å². The standard InChI is InChI=1S/C18H28ClN/c1-3-4-5-6-11-18(2)12-13-20-14-17(18)15-7-9-16(19)10-8-15/h7-10,17,20H,3-6,11-14H2,1-2H3. The summed E-state index contributed by atoms with van der Waals surface area (Å²) >= 11 is 6.02. The van der Waals surface area contributed by atoms with E-state index < -0.39 is 0 Å². The van der Waals surface area contributed by atoms with E-state index >= 15 is 0 Å². The average molecular weight is 294 g/mol. The maximum absolute atomic E-state index is 6.02. The fourth-order valence-electron chi connectivity index (χ4n) is 3.51. The van der Waals surface area contributed by atoms with Gasteiger partial charge in [0.05, 0.1) is 0 Å². The molecular weight excluding hydrogens is 266 g/mol. The Hall–Kier alpha value is -0.530. The van der Waals surface area contributed by atoms with Crippen LogP contribution in [-0.4, -0.2) is 13.1 Å². The van der Waals surface area contributed by atoms with Gasteiger partial charge in [0, 0.05) is 17.5 Å². The van der Waals surface area contributed by atoms with Crippen molar-refractivity contribution in [2.24, 2.45) is 5.41 Å². The van der Waals surface area contributed by atoms with Gasteiger partial charge in [-0.15, -0.1) is 0 Å². The number of piperidine rings is 1. The second-order valence-electron chi connectivity index (χ2n) is 6.52. The van der Waals surface area contributed by atoms with Gasteiger partial charge in [-0.25, -0.2) is 0 Å². The molecule has 0 aliphatic carbocycles. The first-order valence-electron chi connectivity index (χ1n) is 8.12. The fourth-order valence-corrected chi connectivity index (χ4v) is 3.64. The molecule has 1 saturated heterocycles. The lowest BCUT2D eigenvalue weighted by Gasteiger charge is -2.42. The highest BCUT2D eigenvalue weighted by Gasteiger charge is 2.36. The number of halogens is 1. The molecule has 20 heavy (non-hydrogen) atoms. The minimum absolute atomic E-state index is 0.437. The largest absolute Gasteiger partial charge is 0.316 e. The Balaban J connectivity index is 2.05. The summed E-state index contributed by atoms with van der Waals surface area (Å²) in [5, 5.41) is 4.41. The molecule has 0 amide bonds. The lowest BCUT2D eigenvalue weighted by atomic mass is 9.66. The molecule has 1 heterocycles. The van der Waals surface area contributed by atoms with Crippen LogP contribution < -0.4 is 5.32 Å². The van der Waals surface area contributed by atoms with Crippen molar-refractivity contribution in [3.05, 3.63) is 34.9 Å². The summed E-state index contributed by atoms with van der Waals surface area (Å²) in [6, 6.07) is 8.49. The quantitative estimate of drug-likeness (QED) is 0.693. The van der Waals surface area contributed by atoms with Crippen molar-refractivity contribution in [3.63, 3.8) is 0 Å². The van der Waals surface area contributed by atoms with Gasteiger partial charge in [-0.05, 0) is 42.5 Å². The number of hydrogen-bond donors (Lipinski definition) is 1. The normalized spacial score (nSPS) is 26.6. The monoisotopic (exact) mass is 293 g/mol. The summed E-state index contributed by atoms with van der Waals surface area (Å²) in [6.45, 7) is 7.03. The summed E-state index contributed by atoms with van der Waals surface area (Å²) in [7, 11) is 0. The van der Waals surface area contributed by atoms with E-state index in [1.54, 1.807) is 0 Å². The van der Waals surface area contributed by atoms with Crippen LogP contribution in [0.3, 0.4) is 0 Å². The van der Waals surface area contributed by atoms with Crippen LogP contribution in [0.25, 0.3) is 0 Å².